The smallest absolute Gasteiger partial charge is 0.0672 e. The van der Waals surface area contributed by atoms with Gasteiger partial charge in [-0.25, -0.2) is 0 Å². The highest BCUT2D eigenvalue weighted by Gasteiger charge is 1.98. The van der Waals surface area contributed by atoms with E-state index in [0.29, 0.717) is 6.54 Å². The van der Waals surface area contributed by atoms with Gasteiger partial charge < -0.3 is 0 Å². The van der Waals surface area contributed by atoms with Crippen molar-refractivity contribution < 1.29 is 0 Å². The molecule has 3 heteroatoms. The molecule has 0 aliphatic rings. The average molecular weight is 219 g/mol. The van der Waals surface area contributed by atoms with Crippen LogP contribution in [0.25, 0.3) is 10.1 Å². The fourth-order valence-electron chi connectivity index (χ4n) is 1.29. The van der Waals surface area contributed by atoms with Crippen molar-refractivity contribution in [2.75, 3.05) is 6.54 Å². The van der Waals surface area contributed by atoms with E-state index in [1.165, 1.54) is 15.6 Å². The Balaban J connectivity index is 2.38. The second-order valence-corrected chi connectivity index (χ2v) is 4.09. The maximum Gasteiger partial charge on any atom is 0.0672 e. The van der Waals surface area contributed by atoms with Gasteiger partial charge in [-0.3, -0.25) is 4.99 Å². The van der Waals surface area contributed by atoms with Crippen LogP contribution in [0.3, 0.4) is 0 Å². The number of fused-ring (bicyclic) bond motifs is 1. The number of hydrogen-bond acceptors (Lipinski definition) is 3. The van der Waals surface area contributed by atoms with Crippen LogP contribution in [0, 0.1) is 0 Å². The van der Waals surface area contributed by atoms with Crippen LogP contribution in [0.15, 0.2) is 34.6 Å². The van der Waals surface area contributed by atoms with E-state index in [0.717, 1.165) is 0 Å². The summed E-state index contributed by atoms with van der Waals surface area (Å²) in [6.07, 6.45) is 1.89. The molecule has 1 aromatic carbocycles. The number of nitrogens with zero attached hydrogens (tertiary/aromatic N) is 1. The third-order valence-electron chi connectivity index (χ3n) is 1.92. The molecule has 0 N–H and O–H groups in total. The fourth-order valence-corrected chi connectivity index (χ4v) is 2.29. The van der Waals surface area contributed by atoms with E-state index >= 15 is 0 Å². The van der Waals surface area contributed by atoms with Gasteiger partial charge in [0.15, 0.2) is 0 Å². The fraction of sp³-hybridized carbons (Fsp3) is 0.0909. The molecule has 0 saturated heterocycles. The maximum atomic E-state index is 4.71. The Hall–Kier alpha value is -1.06. The summed E-state index contributed by atoms with van der Waals surface area (Å²) in [5.41, 5.74) is 1.18. The highest BCUT2D eigenvalue weighted by atomic mass is 32.1. The topological polar surface area (TPSA) is 12.4 Å². The Morgan fingerprint density at radius 2 is 2.21 bits per heavy atom. The van der Waals surface area contributed by atoms with Crippen molar-refractivity contribution in [1.82, 2.24) is 0 Å². The normalized spacial score (nSPS) is 11.1. The van der Waals surface area contributed by atoms with E-state index in [-0.39, 0.29) is 0 Å². The molecule has 0 radical (unpaired) electrons. The molecule has 1 aromatic heterocycles. The molecule has 1 heterocycles. The highest BCUT2D eigenvalue weighted by molar-refractivity contribution is 7.79. The summed E-state index contributed by atoms with van der Waals surface area (Å²) in [6, 6.07) is 8.34. The third-order valence-corrected chi connectivity index (χ3v) is 3.05. The zero-order valence-electron chi connectivity index (χ0n) is 7.51. The molecule has 2 rings (SSSR count). The van der Waals surface area contributed by atoms with Crippen molar-refractivity contribution in [2.45, 2.75) is 0 Å². The van der Waals surface area contributed by atoms with E-state index in [4.69, 9.17) is 12.2 Å². The molecule has 0 fully saturated rings. The molecule has 0 atom stereocenters. The lowest BCUT2D eigenvalue weighted by atomic mass is 10.2. The summed E-state index contributed by atoms with van der Waals surface area (Å²) in [6.45, 7) is 0.611. The van der Waals surface area contributed by atoms with Gasteiger partial charge in [0.1, 0.15) is 0 Å². The van der Waals surface area contributed by atoms with Gasteiger partial charge >= 0.3 is 0 Å². The van der Waals surface area contributed by atoms with Crippen molar-refractivity contribution in [3.05, 3.63) is 35.2 Å². The molecule has 14 heavy (non-hydrogen) atoms. The minimum atomic E-state index is 0.611. The van der Waals surface area contributed by atoms with Crippen LogP contribution < -0.4 is 0 Å². The molecular formula is C11H9NS2. The molecule has 0 amide bonds. The van der Waals surface area contributed by atoms with E-state index in [2.05, 4.69) is 28.6 Å². The first kappa shape index (κ1) is 9.49. The molecule has 1 nitrogen and oxygen atoms in total. The average Bonchev–Trinajstić information content (AvgIpc) is 2.63. The summed E-state index contributed by atoms with van der Waals surface area (Å²) < 4.78 is 1.30. The predicted molar refractivity (Wildman–Crippen MR) is 67.9 cm³/mol. The van der Waals surface area contributed by atoms with E-state index in [1.807, 2.05) is 12.3 Å². The first-order valence-electron chi connectivity index (χ1n) is 4.31. The summed E-state index contributed by atoms with van der Waals surface area (Å²) >= 11 is 6.45. The Bertz CT molecular complexity index is 471. The molecule has 0 aliphatic heterocycles. The first-order valence-corrected chi connectivity index (χ1v) is 5.66. The van der Waals surface area contributed by atoms with Crippen molar-refractivity contribution >= 4 is 45.2 Å². The largest absolute Gasteiger partial charge is 0.288 e. The summed E-state index contributed by atoms with van der Waals surface area (Å²) in [5.74, 6) is 0. The van der Waals surface area contributed by atoms with Crippen molar-refractivity contribution in [3.8, 4) is 0 Å². The number of thiocarbonyl (C=S) groups is 1. The third kappa shape index (κ3) is 1.89. The SMILES string of the molecule is S=CCN=Cc1csc2ccccc12. The second-order valence-electron chi connectivity index (χ2n) is 2.85. The first-order chi connectivity index (χ1) is 6.92. The maximum absolute atomic E-state index is 4.71. The minimum absolute atomic E-state index is 0.611. The molecule has 0 saturated carbocycles. The van der Waals surface area contributed by atoms with Gasteiger partial charge in [-0.15, -0.1) is 11.3 Å². The van der Waals surface area contributed by atoms with Crippen LogP contribution in [-0.4, -0.2) is 18.1 Å². The van der Waals surface area contributed by atoms with Crippen LogP contribution in [-0.2, 0) is 0 Å². The summed E-state index contributed by atoms with van der Waals surface area (Å²) in [5, 5.41) is 5.02. The van der Waals surface area contributed by atoms with Crippen LogP contribution in [0.1, 0.15) is 5.56 Å². The van der Waals surface area contributed by atoms with Crippen molar-refractivity contribution in [1.29, 1.82) is 0 Å². The molecule has 70 valence electrons. The van der Waals surface area contributed by atoms with Crippen molar-refractivity contribution in [2.24, 2.45) is 4.99 Å². The van der Waals surface area contributed by atoms with Gasteiger partial charge in [0, 0.05) is 32.6 Å². The van der Waals surface area contributed by atoms with Crippen LogP contribution in [0.4, 0.5) is 0 Å². The van der Waals surface area contributed by atoms with Gasteiger partial charge in [-0.1, -0.05) is 30.4 Å². The van der Waals surface area contributed by atoms with Gasteiger partial charge in [-0.05, 0) is 6.07 Å². The number of hydrogen-bond donors (Lipinski definition) is 0. The van der Waals surface area contributed by atoms with Crippen LogP contribution in [0.2, 0.25) is 0 Å². The van der Waals surface area contributed by atoms with Gasteiger partial charge in [0.25, 0.3) is 0 Å². The molecule has 2 aromatic rings. The monoisotopic (exact) mass is 219 g/mol. The van der Waals surface area contributed by atoms with E-state index < -0.39 is 0 Å². The Morgan fingerprint density at radius 3 is 3.07 bits per heavy atom. The Morgan fingerprint density at radius 1 is 1.36 bits per heavy atom. The van der Waals surface area contributed by atoms with E-state index in [9.17, 15) is 0 Å². The molecule has 0 bridgehead atoms. The van der Waals surface area contributed by atoms with Gasteiger partial charge in [0.05, 0.1) is 6.54 Å². The molecule has 0 aliphatic carbocycles. The quantitative estimate of drug-likeness (QED) is 0.570. The predicted octanol–water partition coefficient (Wildman–Crippen LogP) is 3.32. The molecule has 0 unspecified atom stereocenters. The molecular weight excluding hydrogens is 210 g/mol. The van der Waals surface area contributed by atoms with Crippen molar-refractivity contribution in [3.63, 3.8) is 0 Å². The zero-order valence-corrected chi connectivity index (χ0v) is 9.15. The lowest BCUT2D eigenvalue weighted by Gasteiger charge is -1.89. The number of rotatable bonds is 3. The minimum Gasteiger partial charge on any atom is -0.288 e. The lowest BCUT2D eigenvalue weighted by molar-refractivity contribution is 1.36. The van der Waals surface area contributed by atoms with Gasteiger partial charge in [0.2, 0.25) is 0 Å². The summed E-state index contributed by atoms with van der Waals surface area (Å²) in [4.78, 5) is 4.20. The van der Waals surface area contributed by atoms with Crippen LogP contribution >= 0.6 is 23.6 Å². The number of aliphatic imine (C=N–C) groups is 1. The van der Waals surface area contributed by atoms with E-state index in [1.54, 1.807) is 16.7 Å². The Kier molecular flexibility index (Phi) is 3.01. The second kappa shape index (κ2) is 4.44. The van der Waals surface area contributed by atoms with Crippen LogP contribution in [0.5, 0.6) is 0 Å². The lowest BCUT2D eigenvalue weighted by Crippen LogP contribution is -1.81. The number of thiophene rings is 1. The van der Waals surface area contributed by atoms with Gasteiger partial charge in [-0.2, -0.15) is 0 Å². The highest BCUT2D eigenvalue weighted by Crippen LogP contribution is 2.23. The molecule has 0 spiro atoms. The number of benzene rings is 1. The zero-order chi connectivity index (χ0) is 9.80. The Labute approximate surface area is 92.1 Å². The summed E-state index contributed by atoms with van der Waals surface area (Å²) in [7, 11) is 0. The standard InChI is InChI=1S/C11H9NS2/c13-6-5-12-7-9-8-14-11-4-2-1-3-10(9)11/h1-4,6-8H,5H2.